The Kier molecular flexibility index (Phi) is 3.82. The lowest BCUT2D eigenvalue weighted by Crippen LogP contribution is -2.15. The van der Waals surface area contributed by atoms with Gasteiger partial charge < -0.3 is 5.73 Å². The number of halogens is 3. The van der Waals surface area contributed by atoms with Gasteiger partial charge in [-0.2, -0.15) is 0 Å². The molecule has 0 bridgehead atoms. The van der Waals surface area contributed by atoms with Crippen molar-refractivity contribution in [3.8, 4) is 0 Å². The summed E-state index contributed by atoms with van der Waals surface area (Å²) in [6.45, 7) is 0. The molecule has 0 amide bonds. The molecule has 3 N–H and O–H groups in total. The summed E-state index contributed by atoms with van der Waals surface area (Å²) < 4.78 is 52.8. The first-order chi connectivity index (χ1) is 9.28. The molecule has 0 aliphatic heterocycles. The van der Waals surface area contributed by atoms with E-state index in [0.717, 1.165) is 24.3 Å². The lowest BCUT2D eigenvalue weighted by atomic mass is 10.3. The molecule has 0 saturated heterocycles. The van der Waals surface area contributed by atoms with Crippen LogP contribution in [0, 0.1) is 11.6 Å². The molecular weight excluding hydrogens is 310 g/mol. The molecule has 0 heterocycles. The monoisotopic (exact) mass is 318 g/mol. The average Bonchev–Trinajstić information content (AvgIpc) is 2.30. The van der Waals surface area contributed by atoms with Crippen LogP contribution >= 0.6 is 11.6 Å². The Morgan fingerprint density at radius 2 is 1.80 bits per heavy atom. The second-order valence-electron chi connectivity index (χ2n) is 3.95. The Labute approximate surface area is 119 Å². The predicted molar refractivity (Wildman–Crippen MR) is 73.0 cm³/mol. The van der Waals surface area contributed by atoms with Crippen LogP contribution in [0.3, 0.4) is 0 Å². The van der Waals surface area contributed by atoms with Crippen LogP contribution in [0.4, 0.5) is 20.2 Å². The van der Waals surface area contributed by atoms with Crippen LogP contribution < -0.4 is 10.5 Å². The topological polar surface area (TPSA) is 72.2 Å². The van der Waals surface area contributed by atoms with E-state index in [4.69, 9.17) is 17.3 Å². The maximum atomic E-state index is 13.6. The van der Waals surface area contributed by atoms with Gasteiger partial charge in [0.2, 0.25) is 0 Å². The van der Waals surface area contributed by atoms with Gasteiger partial charge in [0.05, 0.1) is 5.69 Å². The predicted octanol–water partition coefficient (Wildman–Crippen LogP) is 3.00. The van der Waals surface area contributed by atoms with Crippen molar-refractivity contribution in [1.29, 1.82) is 0 Å². The van der Waals surface area contributed by atoms with E-state index in [-0.39, 0.29) is 16.4 Å². The summed E-state index contributed by atoms with van der Waals surface area (Å²) in [6, 6.07) is 6.27. The van der Waals surface area contributed by atoms with Gasteiger partial charge >= 0.3 is 0 Å². The molecule has 106 valence electrons. The molecule has 4 nitrogen and oxygen atoms in total. The van der Waals surface area contributed by atoms with Crippen molar-refractivity contribution in [3.05, 3.63) is 53.1 Å². The SMILES string of the molecule is Nc1ccc(F)c(S(=O)(=O)Nc2cc(F)cc(Cl)c2)c1. The minimum Gasteiger partial charge on any atom is -0.399 e. The zero-order chi connectivity index (χ0) is 14.9. The molecular formula is C12H9ClF2N2O2S. The molecule has 0 aliphatic rings. The number of sulfonamides is 1. The highest BCUT2D eigenvalue weighted by Gasteiger charge is 2.20. The van der Waals surface area contributed by atoms with Crippen LogP contribution in [0.25, 0.3) is 0 Å². The third-order valence-electron chi connectivity index (χ3n) is 2.36. The number of nitrogens with two attached hydrogens (primary N) is 1. The highest BCUT2D eigenvalue weighted by Crippen LogP contribution is 2.23. The van der Waals surface area contributed by atoms with Gasteiger partial charge in [0.25, 0.3) is 10.0 Å². The molecule has 2 rings (SSSR count). The Morgan fingerprint density at radius 3 is 2.45 bits per heavy atom. The fourth-order valence-corrected chi connectivity index (χ4v) is 2.92. The van der Waals surface area contributed by atoms with E-state index >= 15 is 0 Å². The van der Waals surface area contributed by atoms with Crippen molar-refractivity contribution in [2.75, 3.05) is 10.5 Å². The quantitative estimate of drug-likeness (QED) is 0.854. The summed E-state index contributed by atoms with van der Waals surface area (Å²) in [7, 11) is -4.23. The molecule has 0 radical (unpaired) electrons. The maximum Gasteiger partial charge on any atom is 0.264 e. The minimum absolute atomic E-state index is 0.00995. The fraction of sp³-hybridized carbons (Fsp3) is 0. The highest BCUT2D eigenvalue weighted by molar-refractivity contribution is 7.92. The van der Waals surface area contributed by atoms with Gasteiger partial charge in [-0.3, -0.25) is 4.72 Å². The highest BCUT2D eigenvalue weighted by atomic mass is 35.5. The summed E-state index contributed by atoms with van der Waals surface area (Å²) in [4.78, 5) is -0.627. The molecule has 0 fully saturated rings. The molecule has 0 atom stereocenters. The van der Waals surface area contributed by atoms with E-state index in [1.165, 1.54) is 12.1 Å². The molecule has 0 saturated carbocycles. The number of anilines is 2. The molecule has 8 heteroatoms. The van der Waals surface area contributed by atoms with E-state index in [1.807, 2.05) is 4.72 Å². The van der Waals surface area contributed by atoms with Crippen LogP contribution in [0.2, 0.25) is 5.02 Å². The molecule has 20 heavy (non-hydrogen) atoms. The van der Waals surface area contributed by atoms with Crippen LogP contribution in [0.15, 0.2) is 41.3 Å². The van der Waals surface area contributed by atoms with Crippen LogP contribution in [0.5, 0.6) is 0 Å². The standard InChI is InChI=1S/C12H9ClF2N2O2S/c13-7-3-8(14)5-10(4-7)17-20(18,19)12-6-9(16)1-2-11(12)15/h1-6,17H,16H2. The van der Waals surface area contributed by atoms with Crippen molar-refractivity contribution in [2.45, 2.75) is 4.90 Å². The maximum absolute atomic E-state index is 13.6. The molecule has 2 aromatic carbocycles. The lowest BCUT2D eigenvalue weighted by Gasteiger charge is -2.10. The number of rotatable bonds is 3. The Hall–Kier alpha value is -1.86. The third-order valence-corrected chi connectivity index (χ3v) is 3.97. The largest absolute Gasteiger partial charge is 0.399 e. The van der Waals surface area contributed by atoms with Gasteiger partial charge in [0.15, 0.2) is 0 Å². The van der Waals surface area contributed by atoms with Gasteiger partial charge in [-0.25, -0.2) is 17.2 Å². The number of nitrogen functional groups attached to an aromatic ring is 1. The zero-order valence-electron chi connectivity index (χ0n) is 9.90. The molecule has 2 aromatic rings. The summed E-state index contributed by atoms with van der Waals surface area (Å²) in [6.07, 6.45) is 0. The summed E-state index contributed by atoms with van der Waals surface area (Å²) in [5.74, 6) is -1.68. The van der Waals surface area contributed by atoms with Gasteiger partial charge in [0, 0.05) is 10.7 Å². The average molecular weight is 319 g/mol. The third kappa shape index (κ3) is 3.17. The fourth-order valence-electron chi connectivity index (χ4n) is 1.55. The van der Waals surface area contributed by atoms with Gasteiger partial charge in [0.1, 0.15) is 16.5 Å². The smallest absolute Gasteiger partial charge is 0.264 e. The molecule has 0 unspecified atom stereocenters. The Bertz CT molecular complexity index is 746. The van der Waals surface area contributed by atoms with Gasteiger partial charge in [-0.1, -0.05) is 11.6 Å². The van der Waals surface area contributed by atoms with Crippen molar-refractivity contribution in [2.24, 2.45) is 0 Å². The number of hydrogen-bond donors (Lipinski definition) is 2. The van der Waals surface area contributed by atoms with Gasteiger partial charge in [-0.05, 0) is 36.4 Å². The first-order valence-corrected chi connectivity index (χ1v) is 7.18. The second kappa shape index (κ2) is 5.26. The molecule has 0 aliphatic carbocycles. The van der Waals surface area contributed by atoms with Gasteiger partial charge in [-0.15, -0.1) is 0 Å². The van der Waals surface area contributed by atoms with Crippen molar-refractivity contribution >= 4 is 33.0 Å². The van der Waals surface area contributed by atoms with Crippen LogP contribution in [-0.4, -0.2) is 8.42 Å². The number of hydrogen-bond acceptors (Lipinski definition) is 3. The zero-order valence-corrected chi connectivity index (χ0v) is 11.5. The van der Waals surface area contributed by atoms with E-state index < -0.39 is 26.6 Å². The normalized spacial score (nSPS) is 11.3. The molecule has 0 spiro atoms. The summed E-state index contributed by atoms with van der Waals surface area (Å²) >= 11 is 5.61. The first kappa shape index (κ1) is 14.5. The van der Waals surface area contributed by atoms with E-state index in [1.54, 1.807) is 0 Å². The number of benzene rings is 2. The van der Waals surface area contributed by atoms with E-state index in [0.29, 0.717) is 0 Å². The summed E-state index contributed by atoms with van der Waals surface area (Å²) in [5.41, 5.74) is 5.40. The van der Waals surface area contributed by atoms with E-state index in [9.17, 15) is 17.2 Å². The van der Waals surface area contributed by atoms with Crippen molar-refractivity contribution < 1.29 is 17.2 Å². The van der Waals surface area contributed by atoms with Crippen molar-refractivity contribution in [1.82, 2.24) is 0 Å². The lowest BCUT2D eigenvalue weighted by molar-refractivity contribution is 0.570. The van der Waals surface area contributed by atoms with Crippen LogP contribution in [-0.2, 0) is 10.0 Å². The number of nitrogens with one attached hydrogen (secondary N) is 1. The minimum atomic E-state index is -4.23. The van der Waals surface area contributed by atoms with Crippen molar-refractivity contribution in [3.63, 3.8) is 0 Å². The van der Waals surface area contributed by atoms with Crippen LogP contribution in [0.1, 0.15) is 0 Å². The first-order valence-electron chi connectivity index (χ1n) is 5.32. The Morgan fingerprint density at radius 1 is 1.10 bits per heavy atom. The Balaban J connectivity index is 2.43. The molecule has 0 aromatic heterocycles. The van der Waals surface area contributed by atoms with E-state index in [2.05, 4.69) is 0 Å². The second-order valence-corrected chi connectivity index (χ2v) is 6.04. The summed E-state index contributed by atoms with van der Waals surface area (Å²) in [5, 5.41) is 0.00995.